The van der Waals surface area contributed by atoms with Crippen molar-refractivity contribution in [3.8, 4) is 0 Å². The Labute approximate surface area is 276 Å². The molecule has 2 saturated heterocycles. The third-order valence-electron chi connectivity index (χ3n) is 7.60. The van der Waals surface area contributed by atoms with E-state index < -0.39 is 43.8 Å². The van der Waals surface area contributed by atoms with Crippen molar-refractivity contribution in [1.29, 1.82) is 0 Å². The Morgan fingerprint density at radius 1 is 0.911 bits per heavy atom. The van der Waals surface area contributed by atoms with Crippen molar-refractivity contribution in [2.24, 2.45) is 0 Å². The molecule has 0 amide bonds. The van der Waals surface area contributed by atoms with Crippen molar-refractivity contribution in [3.63, 3.8) is 0 Å². The molecule has 0 radical (unpaired) electrons. The zero-order valence-electron chi connectivity index (χ0n) is 26.7. The molecule has 15 heteroatoms. The Balaban J connectivity index is 0.000000274. The van der Waals surface area contributed by atoms with E-state index in [9.17, 15) is 19.5 Å². The van der Waals surface area contributed by atoms with Crippen LogP contribution >= 0.6 is 23.2 Å². The van der Waals surface area contributed by atoms with Crippen molar-refractivity contribution in [2.75, 3.05) is 32.8 Å². The monoisotopic (exact) mass is 672 g/mol. The van der Waals surface area contributed by atoms with Crippen LogP contribution in [-0.2, 0) is 11.3 Å². The molecule has 0 saturated carbocycles. The predicted octanol–water partition coefficient (Wildman–Crippen LogP) is 4.66. The van der Waals surface area contributed by atoms with Crippen LogP contribution in [0.1, 0.15) is 75.1 Å². The van der Waals surface area contributed by atoms with Gasteiger partial charge in [-0.2, -0.15) is 0 Å². The van der Waals surface area contributed by atoms with Crippen LogP contribution in [-0.4, -0.2) is 97.4 Å². The van der Waals surface area contributed by atoms with E-state index in [4.69, 9.17) is 33.4 Å². The first-order chi connectivity index (χ1) is 20.8. The highest BCUT2D eigenvalue weighted by molar-refractivity contribution is 6.45. The van der Waals surface area contributed by atoms with Gasteiger partial charge < -0.3 is 35.0 Å². The molecular weight excluding hydrogens is 627 g/mol. The Hall–Kier alpha value is -1.67. The number of rotatable bonds is 7. The Bertz CT molecular complexity index is 1240. The van der Waals surface area contributed by atoms with Gasteiger partial charge in [-0.25, -0.2) is 8.78 Å². The Morgan fingerprint density at radius 3 is 1.60 bits per heavy atom. The molecule has 0 aromatic carbocycles. The zero-order chi connectivity index (χ0) is 34.2. The first-order valence-corrected chi connectivity index (χ1v) is 15.8. The van der Waals surface area contributed by atoms with Crippen LogP contribution in [0.5, 0.6) is 0 Å². The number of aliphatic hydroxyl groups is 3. The summed E-state index contributed by atoms with van der Waals surface area (Å²) < 4.78 is 30.0. The summed E-state index contributed by atoms with van der Waals surface area (Å²) in [6.45, 7) is 13.6. The maximum Gasteiger partial charge on any atom is 0.376 e. The number of aromatic nitrogens is 2. The predicted molar refractivity (Wildman–Crippen MR) is 177 cm³/mol. The minimum Gasteiger partial charge on any atom is -0.437 e. The molecule has 2 fully saturated rings. The largest absolute Gasteiger partial charge is 0.437 e. The average molecular weight is 673 g/mol. The molecule has 2 aliphatic rings. The minimum absolute atomic E-state index is 0.146. The van der Waals surface area contributed by atoms with Crippen LogP contribution in [0.3, 0.4) is 0 Å². The molecule has 0 spiro atoms. The molecule has 2 aromatic rings. The van der Waals surface area contributed by atoms with Gasteiger partial charge in [0.15, 0.2) is 11.3 Å². The molecule has 4 heterocycles. The van der Waals surface area contributed by atoms with E-state index in [1.165, 1.54) is 12.3 Å². The summed E-state index contributed by atoms with van der Waals surface area (Å²) in [5.41, 5.74) is -2.06. The topological polar surface area (TPSA) is 133 Å². The molecule has 9 nitrogen and oxygen atoms in total. The second-order valence-corrected chi connectivity index (χ2v) is 13.4. The number of hydrogen-bond donors (Lipinski definition) is 5. The lowest BCUT2D eigenvalue weighted by Gasteiger charge is -2.37. The van der Waals surface area contributed by atoms with Crippen molar-refractivity contribution in [2.45, 2.75) is 83.1 Å². The van der Waals surface area contributed by atoms with E-state index in [0.717, 1.165) is 5.56 Å². The van der Waals surface area contributed by atoms with E-state index >= 15 is 4.39 Å². The fourth-order valence-electron chi connectivity index (χ4n) is 4.94. The second-order valence-electron chi connectivity index (χ2n) is 12.5. The summed E-state index contributed by atoms with van der Waals surface area (Å²) in [5, 5.41) is 46.4. The highest BCUT2D eigenvalue weighted by atomic mass is 35.5. The number of pyridine rings is 2. The lowest BCUT2D eigenvalue weighted by molar-refractivity contribution is 0.0757. The second kappa shape index (κ2) is 16.9. The van der Waals surface area contributed by atoms with Crippen LogP contribution < -0.4 is 0 Å². The van der Waals surface area contributed by atoms with Crippen LogP contribution in [0.15, 0.2) is 31.1 Å². The van der Waals surface area contributed by atoms with Crippen LogP contribution in [0.4, 0.5) is 8.78 Å². The van der Waals surface area contributed by atoms with E-state index in [0.29, 0.717) is 42.5 Å². The molecular formula is C30H46B2Cl2F2N4O5. The number of alkyl halides is 2. The molecule has 0 aliphatic carbocycles. The quantitative estimate of drug-likeness (QED) is 0.267. The number of halogens is 4. The third-order valence-corrected chi connectivity index (χ3v) is 8.18. The van der Waals surface area contributed by atoms with Crippen molar-refractivity contribution in [3.05, 3.63) is 63.7 Å². The number of nitrogens with zero attached hydrogens (tertiary/aromatic N) is 4. The fourth-order valence-corrected chi connectivity index (χ4v) is 5.63. The molecule has 0 unspecified atom stereocenters. The molecule has 5 N–H and O–H groups in total. The summed E-state index contributed by atoms with van der Waals surface area (Å²) in [7, 11) is -1.14. The van der Waals surface area contributed by atoms with Gasteiger partial charge in [-0.15, -0.1) is 0 Å². The zero-order valence-corrected chi connectivity index (χ0v) is 28.2. The summed E-state index contributed by atoms with van der Waals surface area (Å²) in [6, 6.07) is 3.12. The number of aliphatic hydroxyl groups excluding tert-OH is 2. The molecule has 4 rings (SSSR count). The molecule has 250 valence electrons. The SMILES string of the molecule is C=Cc1cnc(C2(F)CCN(B(C)O)CC2)c(Cl)c1.CB(O)N1CCC(F)(c2ncc([C@H](O)CO)cc2Cl)CC1.CC(C)(C)O. The lowest BCUT2D eigenvalue weighted by Crippen LogP contribution is -2.47. The molecule has 1 atom stereocenters. The van der Waals surface area contributed by atoms with Gasteiger partial charge in [0.1, 0.15) is 6.10 Å². The van der Waals surface area contributed by atoms with Gasteiger partial charge in [0.25, 0.3) is 0 Å². The van der Waals surface area contributed by atoms with Gasteiger partial charge in [-0.3, -0.25) is 9.97 Å². The lowest BCUT2D eigenvalue weighted by atomic mass is 9.79. The van der Waals surface area contributed by atoms with Crippen LogP contribution in [0.25, 0.3) is 6.08 Å². The van der Waals surface area contributed by atoms with Gasteiger partial charge in [-0.1, -0.05) is 35.9 Å². The molecule has 45 heavy (non-hydrogen) atoms. The average Bonchev–Trinajstić information content (AvgIpc) is 2.96. The maximum absolute atomic E-state index is 15.0. The maximum atomic E-state index is 15.0. The van der Waals surface area contributed by atoms with Crippen LogP contribution in [0, 0.1) is 0 Å². The summed E-state index contributed by atoms with van der Waals surface area (Å²) in [4.78, 5) is 11.8. The normalized spacial score (nSPS) is 18.9. The van der Waals surface area contributed by atoms with E-state index in [2.05, 4.69) is 16.5 Å². The highest BCUT2D eigenvalue weighted by Crippen LogP contribution is 2.41. The summed E-state index contributed by atoms with van der Waals surface area (Å²) >= 11 is 12.2. The van der Waals surface area contributed by atoms with Gasteiger partial charge in [0.05, 0.1) is 33.6 Å². The highest BCUT2D eigenvalue weighted by Gasteiger charge is 2.41. The third kappa shape index (κ3) is 11.8. The summed E-state index contributed by atoms with van der Waals surface area (Å²) in [6.07, 6.45) is 4.46. The smallest absolute Gasteiger partial charge is 0.376 e. The van der Waals surface area contributed by atoms with Crippen LogP contribution in [0.2, 0.25) is 23.7 Å². The summed E-state index contributed by atoms with van der Waals surface area (Å²) in [5.74, 6) is 0. The van der Waals surface area contributed by atoms with E-state index in [1.54, 1.807) is 57.6 Å². The first-order valence-electron chi connectivity index (χ1n) is 15.0. The van der Waals surface area contributed by atoms with E-state index in [1.807, 2.05) is 4.81 Å². The minimum atomic E-state index is -1.63. The molecule has 2 aromatic heterocycles. The first kappa shape index (κ1) is 39.5. The fraction of sp³-hybridized carbons (Fsp3) is 0.600. The van der Waals surface area contributed by atoms with Gasteiger partial charge in [0, 0.05) is 18.0 Å². The van der Waals surface area contributed by atoms with Gasteiger partial charge in [-0.05, 0) is 104 Å². The van der Waals surface area contributed by atoms with Crippen molar-refractivity contribution in [1.82, 2.24) is 19.6 Å². The Kier molecular flexibility index (Phi) is 14.9. The molecule has 2 aliphatic heterocycles. The molecule has 0 bridgehead atoms. The standard InChI is InChI=1S/C13H19BClFN2O3.C13H17BClFN2O.C4H10O/c1-14(21)18-4-2-13(16,3-5-18)12-10(15)6-9(7-17-12)11(20)8-19;1-3-10-8-11(15)12(17-9-10)13(16)4-6-18(7-5-13)14(2)19;1-4(2,3)5/h6-7,11,19-21H,2-5,8H2,1H3;3,8-9,19H,1,4-7H2,2H3;5H,1-3H3/t11-;;/m1../s1. The number of piperidine rings is 2. The number of hydrogen-bond acceptors (Lipinski definition) is 9. The van der Waals surface area contributed by atoms with E-state index in [-0.39, 0.29) is 36.4 Å². The Morgan fingerprint density at radius 2 is 1.29 bits per heavy atom. The van der Waals surface area contributed by atoms with Crippen molar-refractivity contribution < 1.29 is 34.1 Å². The van der Waals surface area contributed by atoms with Gasteiger partial charge >= 0.3 is 14.1 Å². The van der Waals surface area contributed by atoms with Gasteiger partial charge in [0.2, 0.25) is 0 Å². The van der Waals surface area contributed by atoms with Crippen molar-refractivity contribution >= 4 is 43.4 Å².